The summed E-state index contributed by atoms with van der Waals surface area (Å²) in [7, 11) is 0. The van der Waals surface area contributed by atoms with Crippen molar-refractivity contribution < 1.29 is 0 Å². The van der Waals surface area contributed by atoms with Crippen LogP contribution >= 0.6 is 11.3 Å². The molecule has 1 aromatic carbocycles. The summed E-state index contributed by atoms with van der Waals surface area (Å²) in [6.45, 7) is 0. The minimum Gasteiger partial charge on any atom is -0.271 e. The number of rotatable bonds is 4. The Kier molecular flexibility index (Phi) is 3.55. The Bertz CT molecular complexity index is 663. The van der Waals surface area contributed by atoms with E-state index in [0.29, 0.717) is 0 Å². The molecule has 0 amide bonds. The van der Waals surface area contributed by atoms with Crippen LogP contribution in [-0.2, 0) is 6.42 Å². The Morgan fingerprint density at radius 2 is 2.00 bits per heavy atom. The fraction of sp³-hybridized carbons (Fsp3) is 0.133. The van der Waals surface area contributed by atoms with Gasteiger partial charge in [0.15, 0.2) is 0 Å². The quantitative estimate of drug-likeness (QED) is 0.565. The second-order valence-corrected chi connectivity index (χ2v) is 5.34. The second-order valence-electron chi connectivity index (χ2n) is 4.43. The van der Waals surface area contributed by atoms with Crippen molar-refractivity contribution in [2.45, 2.75) is 12.5 Å². The molecular weight excluding hydrogens is 254 g/mol. The molecule has 0 fully saturated rings. The lowest BCUT2D eigenvalue weighted by Gasteiger charge is -2.15. The number of nitrogens with one attached hydrogen (secondary N) is 1. The van der Waals surface area contributed by atoms with Crippen LogP contribution < -0.4 is 11.3 Å². The molecule has 3 aromatic rings. The van der Waals surface area contributed by atoms with Gasteiger partial charge in [0.2, 0.25) is 0 Å². The minimum atomic E-state index is 0.0889. The first-order valence-corrected chi connectivity index (χ1v) is 7.08. The van der Waals surface area contributed by atoms with Crippen LogP contribution in [0.3, 0.4) is 0 Å². The van der Waals surface area contributed by atoms with Crippen LogP contribution in [-0.4, -0.2) is 4.98 Å². The van der Waals surface area contributed by atoms with E-state index in [-0.39, 0.29) is 6.04 Å². The lowest BCUT2D eigenvalue weighted by atomic mass is 10.0. The lowest BCUT2D eigenvalue weighted by molar-refractivity contribution is 0.550. The molecule has 0 saturated heterocycles. The first kappa shape index (κ1) is 12.3. The van der Waals surface area contributed by atoms with Gasteiger partial charge in [-0.3, -0.25) is 16.3 Å². The standard InChI is InChI=1S/C15H15N3S/c16-18-14(9-11-5-3-4-8-17-11)13-10-19-15-7-2-1-6-12(13)15/h1-8,10,14,18H,9,16H2. The molecule has 3 rings (SSSR count). The van der Waals surface area contributed by atoms with E-state index in [1.165, 1.54) is 15.6 Å². The second kappa shape index (κ2) is 5.48. The van der Waals surface area contributed by atoms with E-state index in [2.05, 4.69) is 40.1 Å². The summed E-state index contributed by atoms with van der Waals surface area (Å²) in [6.07, 6.45) is 2.60. The molecule has 0 saturated carbocycles. The predicted molar refractivity (Wildman–Crippen MR) is 79.8 cm³/mol. The third kappa shape index (κ3) is 2.51. The molecule has 2 heterocycles. The summed E-state index contributed by atoms with van der Waals surface area (Å²) in [5, 5.41) is 3.45. The Morgan fingerprint density at radius 3 is 2.79 bits per heavy atom. The molecule has 19 heavy (non-hydrogen) atoms. The van der Waals surface area contributed by atoms with E-state index >= 15 is 0 Å². The molecule has 0 radical (unpaired) electrons. The van der Waals surface area contributed by atoms with Gasteiger partial charge in [-0.2, -0.15) is 0 Å². The van der Waals surface area contributed by atoms with Crippen LogP contribution in [0, 0.1) is 0 Å². The molecular formula is C15H15N3S. The molecule has 0 aliphatic heterocycles. The number of hydrogen-bond donors (Lipinski definition) is 2. The zero-order valence-electron chi connectivity index (χ0n) is 10.4. The van der Waals surface area contributed by atoms with Crippen molar-refractivity contribution in [2.75, 3.05) is 0 Å². The first-order chi connectivity index (χ1) is 9.38. The van der Waals surface area contributed by atoms with E-state index in [4.69, 9.17) is 5.84 Å². The summed E-state index contributed by atoms with van der Waals surface area (Å²) >= 11 is 1.75. The zero-order chi connectivity index (χ0) is 13.1. The average Bonchev–Trinajstić information content (AvgIpc) is 2.90. The number of thiophene rings is 1. The summed E-state index contributed by atoms with van der Waals surface area (Å²) in [5.41, 5.74) is 5.20. The van der Waals surface area contributed by atoms with Gasteiger partial charge in [-0.15, -0.1) is 11.3 Å². The predicted octanol–water partition coefficient (Wildman–Crippen LogP) is 3.04. The molecule has 1 atom stereocenters. The molecule has 0 spiro atoms. The fourth-order valence-corrected chi connectivity index (χ4v) is 3.27. The number of pyridine rings is 1. The van der Waals surface area contributed by atoms with Gasteiger partial charge in [0.05, 0.1) is 6.04 Å². The monoisotopic (exact) mass is 269 g/mol. The number of hydrogen-bond acceptors (Lipinski definition) is 4. The average molecular weight is 269 g/mol. The number of nitrogens with zero attached hydrogens (tertiary/aromatic N) is 1. The van der Waals surface area contributed by atoms with Crippen molar-refractivity contribution in [3.05, 3.63) is 65.3 Å². The molecule has 3 N–H and O–H groups in total. The van der Waals surface area contributed by atoms with Crippen LogP contribution in [0.1, 0.15) is 17.3 Å². The lowest BCUT2D eigenvalue weighted by Crippen LogP contribution is -2.29. The van der Waals surface area contributed by atoms with Crippen LogP contribution in [0.25, 0.3) is 10.1 Å². The minimum absolute atomic E-state index is 0.0889. The number of hydrazine groups is 1. The van der Waals surface area contributed by atoms with Crippen molar-refractivity contribution in [3.8, 4) is 0 Å². The molecule has 3 nitrogen and oxygen atoms in total. The molecule has 0 aliphatic carbocycles. The molecule has 0 bridgehead atoms. The van der Waals surface area contributed by atoms with E-state index in [1.807, 2.05) is 24.4 Å². The number of benzene rings is 1. The maximum atomic E-state index is 5.73. The highest BCUT2D eigenvalue weighted by molar-refractivity contribution is 7.17. The van der Waals surface area contributed by atoms with Gasteiger partial charge in [-0.1, -0.05) is 24.3 Å². The molecule has 1 unspecified atom stereocenters. The van der Waals surface area contributed by atoms with Gasteiger partial charge < -0.3 is 0 Å². The highest BCUT2D eigenvalue weighted by atomic mass is 32.1. The third-order valence-electron chi connectivity index (χ3n) is 3.23. The highest BCUT2D eigenvalue weighted by Crippen LogP contribution is 2.31. The Hall–Kier alpha value is -1.75. The number of fused-ring (bicyclic) bond motifs is 1. The first-order valence-electron chi connectivity index (χ1n) is 6.20. The van der Waals surface area contributed by atoms with E-state index in [9.17, 15) is 0 Å². The van der Waals surface area contributed by atoms with Crippen molar-refractivity contribution in [1.29, 1.82) is 0 Å². The van der Waals surface area contributed by atoms with Crippen LogP contribution in [0.4, 0.5) is 0 Å². The van der Waals surface area contributed by atoms with E-state index in [1.54, 1.807) is 11.3 Å². The summed E-state index contributed by atoms with van der Waals surface area (Å²) in [6, 6.07) is 14.4. The summed E-state index contributed by atoms with van der Waals surface area (Å²) < 4.78 is 1.29. The molecule has 4 heteroatoms. The Labute approximate surface area is 116 Å². The number of nitrogens with two attached hydrogens (primary N) is 1. The van der Waals surface area contributed by atoms with Gasteiger partial charge in [0.1, 0.15) is 0 Å². The maximum Gasteiger partial charge on any atom is 0.0529 e. The normalized spacial score (nSPS) is 12.7. The highest BCUT2D eigenvalue weighted by Gasteiger charge is 2.15. The van der Waals surface area contributed by atoms with E-state index < -0.39 is 0 Å². The van der Waals surface area contributed by atoms with Crippen molar-refractivity contribution in [3.63, 3.8) is 0 Å². The largest absolute Gasteiger partial charge is 0.271 e. The topological polar surface area (TPSA) is 50.9 Å². The molecule has 0 aliphatic rings. The van der Waals surface area contributed by atoms with Gasteiger partial charge in [0.25, 0.3) is 0 Å². The summed E-state index contributed by atoms with van der Waals surface area (Å²) in [5.74, 6) is 5.73. The zero-order valence-corrected chi connectivity index (χ0v) is 11.2. The summed E-state index contributed by atoms with van der Waals surface area (Å²) in [4.78, 5) is 4.36. The van der Waals surface area contributed by atoms with Crippen molar-refractivity contribution in [2.24, 2.45) is 5.84 Å². The van der Waals surface area contributed by atoms with Crippen LogP contribution in [0.5, 0.6) is 0 Å². The van der Waals surface area contributed by atoms with Crippen molar-refractivity contribution in [1.82, 2.24) is 10.4 Å². The van der Waals surface area contributed by atoms with Gasteiger partial charge >= 0.3 is 0 Å². The fourth-order valence-electron chi connectivity index (χ4n) is 2.25. The van der Waals surface area contributed by atoms with Crippen molar-refractivity contribution >= 4 is 21.4 Å². The van der Waals surface area contributed by atoms with Gasteiger partial charge in [-0.25, -0.2) is 0 Å². The van der Waals surface area contributed by atoms with E-state index in [0.717, 1.165) is 12.1 Å². The number of aromatic nitrogens is 1. The van der Waals surface area contributed by atoms with Crippen LogP contribution in [0.15, 0.2) is 54.0 Å². The Balaban J connectivity index is 1.94. The maximum absolute atomic E-state index is 5.73. The van der Waals surface area contributed by atoms with Gasteiger partial charge in [0, 0.05) is 23.0 Å². The molecule has 2 aromatic heterocycles. The Morgan fingerprint density at radius 1 is 1.16 bits per heavy atom. The third-order valence-corrected chi connectivity index (χ3v) is 4.21. The SMILES string of the molecule is NNC(Cc1ccccn1)c1csc2ccccc12. The smallest absolute Gasteiger partial charge is 0.0529 e. The molecule has 96 valence electrons. The van der Waals surface area contributed by atoms with Gasteiger partial charge in [-0.05, 0) is 34.5 Å². The van der Waals surface area contributed by atoms with Crippen LogP contribution in [0.2, 0.25) is 0 Å².